The van der Waals surface area contributed by atoms with Crippen molar-refractivity contribution in [3.05, 3.63) is 46.5 Å². The van der Waals surface area contributed by atoms with E-state index in [1.807, 2.05) is 0 Å². The Morgan fingerprint density at radius 3 is 2.53 bits per heavy atom. The number of halogens is 4. The van der Waals surface area contributed by atoms with Crippen molar-refractivity contribution >= 4 is 29.3 Å². The third-order valence-corrected chi connectivity index (χ3v) is 5.23. The van der Waals surface area contributed by atoms with Crippen LogP contribution in [0.3, 0.4) is 0 Å². The minimum absolute atomic E-state index is 0.0735. The molecule has 4 amide bonds. The van der Waals surface area contributed by atoms with Crippen LogP contribution in [0.4, 0.5) is 23.2 Å². The lowest BCUT2D eigenvalue weighted by atomic mass is 10.0. The number of hydrogen-bond donors (Lipinski definition) is 2. The molecule has 0 saturated carbocycles. The smallest absolute Gasteiger partial charge is 0.376 e. The molecule has 0 spiro atoms. The Balaban J connectivity index is 1.63. The van der Waals surface area contributed by atoms with Crippen LogP contribution in [0.1, 0.15) is 44.9 Å². The van der Waals surface area contributed by atoms with Gasteiger partial charge in [0.25, 0.3) is 11.8 Å². The fraction of sp³-hybridized carbons (Fsp3) is 0.316. The lowest BCUT2D eigenvalue weighted by molar-refractivity contribution is -0.143. The van der Waals surface area contributed by atoms with Crippen LogP contribution < -0.4 is 10.6 Å². The summed E-state index contributed by atoms with van der Waals surface area (Å²) in [6.45, 7) is -0.364. The summed E-state index contributed by atoms with van der Waals surface area (Å²) in [5.74, 6) is -4.05. The Hall–Kier alpha value is -3.77. The van der Waals surface area contributed by atoms with Crippen LogP contribution in [0.5, 0.6) is 0 Å². The van der Waals surface area contributed by atoms with E-state index in [0.717, 1.165) is 25.2 Å². The molecule has 2 aromatic rings. The van der Waals surface area contributed by atoms with Crippen LogP contribution in [-0.4, -0.2) is 44.4 Å². The average molecular weight is 453 g/mol. The number of benzene rings is 1. The molecular formula is C19H15F4N5O4. The van der Waals surface area contributed by atoms with Gasteiger partial charge in [-0.15, -0.1) is 0 Å². The molecule has 1 unspecified atom stereocenters. The highest BCUT2D eigenvalue weighted by Gasteiger charge is 2.46. The normalized spacial score (nSPS) is 18.8. The van der Waals surface area contributed by atoms with Crippen molar-refractivity contribution < 1.29 is 36.7 Å². The topological polar surface area (TPSA) is 113 Å². The lowest BCUT2D eigenvalue weighted by Crippen LogP contribution is -2.54. The van der Waals surface area contributed by atoms with Crippen LogP contribution in [0.2, 0.25) is 0 Å². The number of carbonyl (C=O) groups excluding carboxylic acids is 4. The van der Waals surface area contributed by atoms with Crippen LogP contribution in [0.15, 0.2) is 18.2 Å². The van der Waals surface area contributed by atoms with Gasteiger partial charge < -0.3 is 5.32 Å². The van der Waals surface area contributed by atoms with Gasteiger partial charge in [-0.3, -0.25) is 34.1 Å². The van der Waals surface area contributed by atoms with E-state index in [0.29, 0.717) is 9.58 Å². The second-order valence-electron chi connectivity index (χ2n) is 7.29. The van der Waals surface area contributed by atoms with Crippen LogP contribution in [-0.2, 0) is 29.4 Å². The molecule has 3 heterocycles. The van der Waals surface area contributed by atoms with Crippen molar-refractivity contribution in [1.29, 1.82) is 0 Å². The zero-order chi connectivity index (χ0) is 23.4. The molecule has 9 nitrogen and oxygen atoms in total. The maximum absolute atomic E-state index is 14.5. The van der Waals surface area contributed by atoms with Gasteiger partial charge in [-0.2, -0.15) is 18.3 Å². The number of hydrogen-bond acceptors (Lipinski definition) is 6. The van der Waals surface area contributed by atoms with Gasteiger partial charge in [0.15, 0.2) is 0 Å². The monoisotopic (exact) mass is 453 g/mol. The minimum Gasteiger partial charge on any atom is -0.376 e. The first-order chi connectivity index (χ1) is 15.0. The van der Waals surface area contributed by atoms with E-state index in [4.69, 9.17) is 0 Å². The molecule has 168 valence electrons. The molecule has 13 heteroatoms. The number of imide groups is 2. The van der Waals surface area contributed by atoms with Gasteiger partial charge in [-0.1, -0.05) is 0 Å². The Morgan fingerprint density at radius 1 is 1.19 bits per heavy atom. The fourth-order valence-corrected chi connectivity index (χ4v) is 3.76. The number of fused-ring (bicyclic) bond motifs is 1. The van der Waals surface area contributed by atoms with E-state index in [-0.39, 0.29) is 36.2 Å². The summed E-state index contributed by atoms with van der Waals surface area (Å²) < 4.78 is 54.0. The molecule has 1 atom stereocenters. The van der Waals surface area contributed by atoms with Gasteiger partial charge in [-0.25, -0.2) is 4.39 Å². The van der Waals surface area contributed by atoms with E-state index in [2.05, 4.69) is 15.7 Å². The molecule has 1 aromatic heterocycles. The molecule has 2 aliphatic heterocycles. The third kappa shape index (κ3) is 3.48. The Labute approximate surface area is 177 Å². The fourth-order valence-electron chi connectivity index (χ4n) is 3.76. The summed E-state index contributed by atoms with van der Waals surface area (Å²) in [7, 11) is 1.10. The van der Waals surface area contributed by atoms with E-state index < -0.39 is 53.0 Å². The predicted octanol–water partition coefficient (Wildman–Crippen LogP) is 1.59. The second-order valence-corrected chi connectivity index (χ2v) is 7.29. The van der Waals surface area contributed by atoms with Crippen LogP contribution >= 0.6 is 0 Å². The maximum Gasteiger partial charge on any atom is 0.433 e. The first-order valence-electron chi connectivity index (χ1n) is 9.37. The first kappa shape index (κ1) is 21.5. The van der Waals surface area contributed by atoms with Crippen molar-refractivity contribution in [2.24, 2.45) is 7.05 Å². The molecule has 0 radical (unpaired) electrons. The second kappa shape index (κ2) is 7.43. The summed E-state index contributed by atoms with van der Waals surface area (Å²) in [5, 5.41) is 8.31. The number of nitrogens with one attached hydrogen (secondary N) is 2. The van der Waals surface area contributed by atoms with Crippen molar-refractivity contribution in [3.63, 3.8) is 0 Å². The predicted molar refractivity (Wildman–Crippen MR) is 98.6 cm³/mol. The highest BCUT2D eigenvalue weighted by Crippen LogP contribution is 2.35. The number of anilines is 1. The molecule has 0 aliphatic carbocycles. The summed E-state index contributed by atoms with van der Waals surface area (Å²) in [6, 6.07) is 1.56. The quantitative estimate of drug-likeness (QED) is 0.537. The van der Waals surface area contributed by atoms with Gasteiger partial charge in [0.1, 0.15) is 17.6 Å². The van der Waals surface area contributed by atoms with Crippen molar-refractivity contribution in [1.82, 2.24) is 20.0 Å². The summed E-state index contributed by atoms with van der Waals surface area (Å²) in [5.41, 5.74) is -1.99. The van der Waals surface area contributed by atoms with Gasteiger partial charge in [0, 0.05) is 13.5 Å². The number of aromatic nitrogens is 2. The average Bonchev–Trinajstić information content (AvgIpc) is 3.19. The number of piperidine rings is 1. The third-order valence-electron chi connectivity index (χ3n) is 5.23. The van der Waals surface area contributed by atoms with E-state index in [1.165, 1.54) is 0 Å². The summed E-state index contributed by atoms with van der Waals surface area (Å²) in [6.07, 6.45) is -4.79. The molecule has 32 heavy (non-hydrogen) atoms. The number of aryl methyl sites for hydroxylation is 1. The van der Waals surface area contributed by atoms with Gasteiger partial charge >= 0.3 is 6.18 Å². The molecule has 2 N–H and O–H groups in total. The maximum atomic E-state index is 14.5. The molecular weight excluding hydrogens is 438 g/mol. The van der Waals surface area contributed by atoms with E-state index in [9.17, 15) is 36.7 Å². The largest absolute Gasteiger partial charge is 0.433 e. The number of nitrogens with zero attached hydrogens (tertiary/aromatic N) is 3. The highest BCUT2D eigenvalue weighted by atomic mass is 19.4. The molecule has 1 fully saturated rings. The minimum atomic E-state index is -4.63. The first-order valence-corrected chi connectivity index (χ1v) is 9.37. The number of alkyl halides is 3. The molecule has 4 rings (SSSR count). The van der Waals surface area contributed by atoms with Crippen LogP contribution in [0.25, 0.3) is 0 Å². The molecule has 1 saturated heterocycles. The molecule has 1 aromatic carbocycles. The Kier molecular flexibility index (Phi) is 4.98. The lowest BCUT2D eigenvalue weighted by Gasteiger charge is -2.27. The molecule has 0 bridgehead atoms. The number of carbonyl (C=O) groups is 4. The SMILES string of the molecule is Cn1nc(CNc2c(F)ccc3c2C(=O)N(C2CCC(=O)NC2=O)C3=O)cc1C(F)(F)F. The summed E-state index contributed by atoms with van der Waals surface area (Å²) in [4.78, 5) is 49.9. The zero-order valence-corrected chi connectivity index (χ0v) is 16.4. The van der Waals surface area contributed by atoms with Gasteiger partial charge in [-0.05, 0) is 24.6 Å². The van der Waals surface area contributed by atoms with Crippen molar-refractivity contribution in [3.8, 4) is 0 Å². The summed E-state index contributed by atoms with van der Waals surface area (Å²) >= 11 is 0. The highest BCUT2D eigenvalue weighted by molar-refractivity contribution is 6.25. The van der Waals surface area contributed by atoms with E-state index >= 15 is 0 Å². The Morgan fingerprint density at radius 2 is 1.91 bits per heavy atom. The standard InChI is InChI=1S/C19H15F4N5O4/c1-27-12(19(21,22)23)6-8(26-27)7-24-15-10(20)3-2-9-14(15)18(32)28(17(9)31)11-4-5-13(29)25-16(11)30/h2-3,6,11,24H,4-5,7H2,1H3,(H,25,29,30). The van der Waals surface area contributed by atoms with Gasteiger partial charge in [0.05, 0.1) is 29.1 Å². The van der Waals surface area contributed by atoms with Crippen LogP contribution in [0, 0.1) is 5.82 Å². The van der Waals surface area contributed by atoms with Crippen molar-refractivity contribution in [2.45, 2.75) is 31.6 Å². The van der Waals surface area contributed by atoms with Crippen molar-refractivity contribution in [2.75, 3.05) is 5.32 Å². The number of amides is 4. The number of rotatable bonds is 4. The Bertz CT molecular complexity index is 1170. The molecule has 2 aliphatic rings. The van der Waals surface area contributed by atoms with Gasteiger partial charge in [0.2, 0.25) is 11.8 Å². The zero-order valence-electron chi connectivity index (χ0n) is 16.4. The van der Waals surface area contributed by atoms with E-state index in [1.54, 1.807) is 0 Å².